The molecule has 0 amide bonds. The number of phenols is 1. The summed E-state index contributed by atoms with van der Waals surface area (Å²) in [4.78, 5) is 0. The zero-order chi connectivity index (χ0) is 16.9. The minimum atomic E-state index is -0.617. The first-order valence-electron chi connectivity index (χ1n) is 9.37. The minimum absolute atomic E-state index is 0.0598. The second-order valence-electron chi connectivity index (χ2n) is 8.10. The largest absolute Gasteiger partial charge is 0.508 e. The van der Waals surface area contributed by atoms with E-state index in [1.54, 1.807) is 0 Å². The fourth-order valence-corrected chi connectivity index (χ4v) is 7.13. The molecule has 0 heterocycles. The summed E-state index contributed by atoms with van der Waals surface area (Å²) in [6, 6.07) is 5.98. The molecule has 2 fully saturated rings. The lowest BCUT2D eigenvalue weighted by Gasteiger charge is -2.54. The molecule has 0 aromatic heterocycles. The Hall–Kier alpha value is -0.550. The predicted molar refractivity (Wildman–Crippen MR) is 105 cm³/mol. The van der Waals surface area contributed by atoms with E-state index in [1.807, 2.05) is 16.2 Å². The van der Waals surface area contributed by atoms with E-state index >= 15 is 0 Å². The molecule has 24 heavy (non-hydrogen) atoms. The van der Waals surface area contributed by atoms with Crippen LogP contribution in [-0.2, 0) is 6.42 Å². The van der Waals surface area contributed by atoms with Crippen molar-refractivity contribution in [3.05, 3.63) is 39.5 Å². The lowest BCUT2D eigenvalue weighted by molar-refractivity contribution is -0.0857. The maximum Gasteiger partial charge on any atom is 0.115 e. The van der Waals surface area contributed by atoms with Crippen LogP contribution >= 0.6 is 22.6 Å². The Morgan fingerprint density at radius 2 is 2.08 bits per heavy atom. The monoisotopic (exact) mass is 438 g/mol. The highest BCUT2D eigenvalue weighted by atomic mass is 127. The van der Waals surface area contributed by atoms with Crippen molar-refractivity contribution in [1.82, 2.24) is 0 Å². The Morgan fingerprint density at radius 1 is 1.25 bits per heavy atom. The van der Waals surface area contributed by atoms with E-state index in [0.717, 1.165) is 32.1 Å². The molecule has 2 nitrogen and oxygen atoms in total. The normalized spacial score (nSPS) is 41.0. The van der Waals surface area contributed by atoms with Crippen LogP contribution in [0.1, 0.15) is 62.5 Å². The van der Waals surface area contributed by atoms with Crippen molar-refractivity contribution < 1.29 is 10.2 Å². The second kappa shape index (κ2) is 6.01. The second-order valence-corrected chi connectivity index (χ2v) is 8.82. The molecule has 0 bridgehead atoms. The summed E-state index contributed by atoms with van der Waals surface area (Å²) in [5.41, 5.74) is 2.26. The molecular weight excluding hydrogens is 411 g/mol. The maximum absolute atomic E-state index is 11.4. The van der Waals surface area contributed by atoms with Gasteiger partial charge in [-0.25, -0.2) is 0 Å². The van der Waals surface area contributed by atoms with Crippen LogP contribution in [0.4, 0.5) is 0 Å². The summed E-state index contributed by atoms with van der Waals surface area (Å²) in [7, 11) is 0. The van der Waals surface area contributed by atoms with Crippen molar-refractivity contribution in [3.63, 3.8) is 0 Å². The topological polar surface area (TPSA) is 40.5 Å². The molecule has 0 unspecified atom stereocenters. The van der Waals surface area contributed by atoms with Crippen molar-refractivity contribution in [1.29, 1.82) is 0 Å². The van der Waals surface area contributed by atoms with Crippen molar-refractivity contribution in [2.75, 3.05) is 0 Å². The molecule has 0 spiro atoms. The summed E-state index contributed by atoms with van der Waals surface area (Å²) in [6.45, 7) is 2.28. The molecule has 3 heteroatoms. The molecule has 3 aliphatic rings. The Kier molecular flexibility index (Phi) is 4.23. The van der Waals surface area contributed by atoms with Crippen LogP contribution in [0, 0.1) is 17.3 Å². The first-order chi connectivity index (χ1) is 11.5. The smallest absolute Gasteiger partial charge is 0.115 e. The molecular formula is C21H27IO2. The lowest BCUT2D eigenvalue weighted by Crippen LogP contribution is -2.51. The zero-order valence-electron chi connectivity index (χ0n) is 14.3. The molecule has 1 aromatic rings. The van der Waals surface area contributed by atoms with Crippen LogP contribution in [0.5, 0.6) is 5.75 Å². The number of rotatable bonds is 2. The summed E-state index contributed by atoms with van der Waals surface area (Å²) in [6.07, 6.45) is 9.78. The number of aliphatic hydroxyl groups is 1. The predicted octanol–water partition coefficient (Wildman–Crippen LogP) is 5.32. The molecule has 130 valence electrons. The van der Waals surface area contributed by atoms with Crippen molar-refractivity contribution in [2.45, 2.75) is 63.4 Å². The van der Waals surface area contributed by atoms with Gasteiger partial charge in [0.25, 0.3) is 0 Å². The summed E-state index contributed by atoms with van der Waals surface area (Å²) in [5.74, 6) is 2.33. The number of phenolic OH excluding ortho intramolecular Hbond substituents is 1. The fraction of sp³-hybridized carbons (Fsp3) is 0.619. The third-order valence-corrected chi connectivity index (χ3v) is 7.95. The van der Waals surface area contributed by atoms with Crippen molar-refractivity contribution >= 4 is 22.6 Å². The summed E-state index contributed by atoms with van der Waals surface area (Å²) < 4.78 is 2.02. The van der Waals surface area contributed by atoms with Gasteiger partial charge in [-0.05, 0) is 96.1 Å². The molecule has 1 aromatic carbocycles. The van der Waals surface area contributed by atoms with Crippen molar-refractivity contribution in [2.24, 2.45) is 17.3 Å². The molecule has 0 aliphatic heterocycles. The standard InChI is InChI=1S/C21H27IO2/c1-2-20-9-7-17-16-6-4-15(23)13-14(16)3-5-18(17)19(20)8-10-21(20,24)11-12-22/h4,6,11-13,17-19,23-24H,2-3,5,7-10H2,1H3/b12-11+/t17-,18-,19+,20+,21-/m1/s1. The number of aryl methyl sites for hydroxylation is 1. The van der Waals surface area contributed by atoms with Gasteiger partial charge in [-0.3, -0.25) is 0 Å². The molecule has 0 saturated heterocycles. The van der Waals surface area contributed by atoms with Crippen LogP contribution in [0.2, 0.25) is 0 Å². The molecule has 4 rings (SSSR count). The zero-order valence-corrected chi connectivity index (χ0v) is 16.5. The van der Waals surface area contributed by atoms with Gasteiger partial charge in [-0.1, -0.05) is 35.6 Å². The van der Waals surface area contributed by atoms with E-state index in [4.69, 9.17) is 0 Å². The minimum Gasteiger partial charge on any atom is -0.508 e. The van der Waals surface area contributed by atoms with E-state index < -0.39 is 5.60 Å². The third-order valence-electron chi connectivity index (χ3n) is 7.59. The van der Waals surface area contributed by atoms with Gasteiger partial charge < -0.3 is 10.2 Å². The van der Waals surface area contributed by atoms with Crippen LogP contribution in [0.3, 0.4) is 0 Å². The SMILES string of the molecule is CC[C@]12CC[C@@H]3c4ccc(O)cc4CC[C@H]3[C@@H]1CC[C@@]2(O)/C=C/I. The number of benzene rings is 1. The number of hydrogen-bond donors (Lipinski definition) is 2. The summed E-state index contributed by atoms with van der Waals surface area (Å²) in [5, 5.41) is 21.2. The van der Waals surface area contributed by atoms with Gasteiger partial charge in [0, 0.05) is 5.41 Å². The van der Waals surface area contributed by atoms with E-state index in [9.17, 15) is 10.2 Å². The lowest BCUT2D eigenvalue weighted by atomic mass is 9.52. The number of halogens is 1. The maximum atomic E-state index is 11.4. The van der Waals surface area contributed by atoms with E-state index in [-0.39, 0.29) is 5.41 Å². The third kappa shape index (κ3) is 2.23. The van der Waals surface area contributed by atoms with Crippen LogP contribution in [0.25, 0.3) is 0 Å². The Balaban J connectivity index is 1.72. The van der Waals surface area contributed by atoms with Gasteiger partial charge in [0.15, 0.2) is 0 Å². The van der Waals surface area contributed by atoms with Crippen molar-refractivity contribution in [3.8, 4) is 5.75 Å². The molecule has 5 atom stereocenters. The van der Waals surface area contributed by atoms with Gasteiger partial charge in [-0.2, -0.15) is 0 Å². The summed E-state index contributed by atoms with van der Waals surface area (Å²) >= 11 is 2.25. The molecule has 0 radical (unpaired) electrons. The average molecular weight is 438 g/mol. The molecule has 2 N–H and O–H groups in total. The first-order valence-corrected chi connectivity index (χ1v) is 10.6. The average Bonchev–Trinajstić information content (AvgIpc) is 2.88. The number of hydrogen-bond acceptors (Lipinski definition) is 2. The van der Waals surface area contributed by atoms with Gasteiger partial charge in [0.1, 0.15) is 5.75 Å². The highest BCUT2D eigenvalue weighted by Gasteiger charge is 2.61. The molecule has 2 saturated carbocycles. The van der Waals surface area contributed by atoms with Gasteiger partial charge in [-0.15, -0.1) is 0 Å². The van der Waals surface area contributed by atoms with E-state index in [0.29, 0.717) is 23.5 Å². The van der Waals surface area contributed by atoms with Crippen LogP contribution in [0.15, 0.2) is 28.4 Å². The first kappa shape index (κ1) is 16.9. The Bertz CT molecular complexity index is 670. The van der Waals surface area contributed by atoms with Crippen LogP contribution < -0.4 is 0 Å². The van der Waals surface area contributed by atoms with Gasteiger partial charge >= 0.3 is 0 Å². The Labute approximate surface area is 158 Å². The van der Waals surface area contributed by atoms with Crippen LogP contribution in [-0.4, -0.2) is 15.8 Å². The molecule has 3 aliphatic carbocycles. The fourth-order valence-electron chi connectivity index (χ4n) is 6.53. The Morgan fingerprint density at radius 3 is 2.83 bits per heavy atom. The quantitative estimate of drug-likeness (QED) is 0.614. The number of aromatic hydroxyl groups is 1. The van der Waals surface area contributed by atoms with Gasteiger partial charge in [0.2, 0.25) is 0 Å². The number of fused-ring (bicyclic) bond motifs is 5. The highest BCUT2D eigenvalue weighted by molar-refractivity contribution is 14.1. The van der Waals surface area contributed by atoms with Gasteiger partial charge in [0.05, 0.1) is 5.60 Å². The van der Waals surface area contributed by atoms with E-state index in [2.05, 4.69) is 41.7 Å². The highest BCUT2D eigenvalue weighted by Crippen LogP contribution is 2.66. The van der Waals surface area contributed by atoms with E-state index in [1.165, 1.54) is 24.0 Å².